The quantitative estimate of drug-likeness (QED) is 0.779. The predicted molar refractivity (Wildman–Crippen MR) is 66.9 cm³/mol. The van der Waals surface area contributed by atoms with Crippen molar-refractivity contribution in [2.45, 2.75) is 19.4 Å². The van der Waals surface area contributed by atoms with Crippen LogP contribution in [0, 0.1) is 5.82 Å². The molecule has 0 amide bonds. The SMILES string of the molecule is COCCCCNCc1cc(Br)ccc1F. The predicted octanol–water partition coefficient (Wildman–Crippen LogP) is 3.10. The van der Waals surface area contributed by atoms with E-state index in [0.29, 0.717) is 12.1 Å². The van der Waals surface area contributed by atoms with Crippen LogP contribution in [0.2, 0.25) is 0 Å². The fourth-order valence-electron chi connectivity index (χ4n) is 1.40. The van der Waals surface area contributed by atoms with Gasteiger partial charge in [-0.1, -0.05) is 15.9 Å². The van der Waals surface area contributed by atoms with Crippen LogP contribution in [0.4, 0.5) is 4.39 Å². The van der Waals surface area contributed by atoms with Gasteiger partial charge in [-0.05, 0) is 37.6 Å². The first-order valence-corrected chi connectivity index (χ1v) is 6.17. The molecule has 0 fully saturated rings. The first-order valence-electron chi connectivity index (χ1n) is 5.37. The van der Waals surface area contributed by atoms with Crippen molar-refractivity contribution in [1.82, 2.24) is 5.32 Å². The summed E-state index contributed by atoms with van der Waals surface area (Å²) in [6.45, 7) is 2.24. The summed E-state index contributed by atoms with van der Waals surface area (Å²) in [4.78, 5) is 0. The molecule has 1 aromatic carbocycles. The fraction of sp³-hybridized carbons (Fsp3) is 0.500. The molecule has 0 atom stereocenters. The first-order chi connectivity index (χ1) is 7.74. The summed E-state index contributed by atoms with van der Waals surface area (Å²) in [5.41, 5.74) is 0.695. The Morgan fingerprint density at radius 3 is 2.94 bits per heavy atom. The second-order valence-electron chi connectivity index (χ2n) is 3.61. The summed E-state index contributed by atoms with van der Waals surface area (Å²) in [7, 11) is 1.70. The molecule has 0 bridgehead atoms. The van der Waals surface area contributed by atoms with E-state index in [1.165, 1.54) is 6.07 Å². The van der Waals surface area contributed by atoms with Crippen LogP contribution in [0.5, 0.6) is 0 Å². The molecular weight excluding hydrogens is 273 g/mol. The normalized spacial score (nSPS) is 10.7. The Labute approximate surface area is 104 Å². The summed E-state index contributed by atoms with van der Waals surface area (Å²) in [6.07, 6.45) is 2.08. The van der Waals surface area contributed by atoms with Gasteiger partial charge in [-0.25, -0.2) is 4.39 Å². The average molecular weight is 290 g/mol. The monoisotopic (exact) mass is 289 g/mol. The molecule has 0 saturated heterocycles. The van der Waals surface area contributed by atoms with E-state index in [-0.39, 0.29) is 5.82 Å². The third-order valence-corrected chi connectivity index (χ3v) is 2.77. The van der Waals surface area contributed by atoms with Crippen LogP contribution in [0.25, 0.3) is 0 Å². The molecule has 4 heteroatoms. The minimum Gasteiger partial charge on any atom is -0.385 e. The zero-order chi connectivity index (χ0) is 11.8. The van der Waals surface area contributed by atoms with Crippen molar-refractivity contribution in [3.05, 3.63) is 34.1 Å². The van der Waals surface area contributed by atoms with E-state index in [1.54, 1.807) is 19.2 Å². The number of ether oxygens (including phenoxy) is 1. The topological polar surface area (TPSA) is 21.3 Å². The Morgan fingerprint density at radius 2 is 2.19 bits per heavy atom. The lowest BCUT2D eigenvalue weighted by Crippen LogP contribution is -2.16. The number of benzene rings is 1. The highest BCUT2D eigenvalue weighted by Gasteiger charge is 2.01. The molecule has 0 aliphatic heterocycles. The summed E-state index contributed by atoms with van der Waals surface area (Å²) in [5, 5.41) is 3.21. The fourth-order valence-corrected chi connectivity index (χ4v) is 1.81. The van der Waals surface area contributed by atoms with E-state index in [1.807, 2.05) is 0 Å². The highest BCUT2D eigenvalue weighted by molar-refractivity contribution is 9.10. The molecule has 16 heavy (non-hydrogen) atoms. The molecule has 1 rings (SSSR count). The average Bonchev–Trinajstić information content (AvgIpc) is 2.28. The minimum absolute atomic E-state index is 0.160. The molecule has 0 spiro atoms. The number of methoxy groups -OCH3 is 1. The number of halogens is 2. The maximum Gasteiger partial charge on any atom is 0.127 e. The molecule has 1 aromatic rings. The highest BCUT2D eigenvalue weighted by Crippen LogP contribution is 2.15. The van der Waals surface area contributed by atoms with Gasteiger partial charge in [0.05, 0.1) is 0 Å². The van der Waals surface area contributed by atoms with Crippen molar-refractivity contribution in [1.29, 1.82) is 0 Å². The molecule has 0 radical (unpaired) electrons. The molecule has 0 saturated carbocycles. The van der Waals surface area contributed by atoms with E-state index in [9.17, 15) is 4.39 Å². The van der Waals surface area contributed by atoms with Crippen LogP contribution >= 0.6 is 15.9 Å². The second-order valence-corrected chi connectivity index (χ2v) is 4.53. The molecule has 2 nitrogen and oxygen atoms in total. The standard InChI is InChI=1S/C12H17BrFNO/c1-16-7-3-2-6-15-9-10-8-11(13)4-5-12(10)14/h4-5,8,15H,2-3,6-7,9H2,1H3. The smallest absolute Gasteiger partial charge is 0.127 e. The van der Waals surface area contributed by atoms with E-state index in [4.69, 9.17) is 4.74 Å². The van der Waals surface area contributed by atoms with Gasteiger partial charge >= 0.3 is 0 Å². The van der Waals surface area contributed by atoms with Crippen molar-refractivity contribution in [3.8, 4) is 0 Å². The van der Waals surface area contributed by atoms with Crippen LogP contribution in [-0.4, -0.2) is 20.3 Å². The molecule has 0 aliphatic rings. The number of unbranched alkanes of at least 4 members (excludes halogenated alkanes) is 1. The minimum atomic E-state index is -0.160. The van der Waals surface area contributed by atoms with E-state index < -0.39 is 0 Å². The Kier molecular flexibility index (Phi) is 6.61. The van der Waals surface area contributed by atoms with Crippen molar-refractivity contribution < 1.29 is 9.13 Å². The Morgan fingerprint density at radius 1 is 1.38 bits per heavy atom. The van der Waals surface area contributed by atoms with E-state index >= 15 is 0 Å². The number of nitrogens with one attached hydrogen (secondary N) is 1. The zero-order valence-electron chi connectivity index (χ0n) is 9.43. The molecule has 90 valence electrons. The van der Waals surface area contributed by atoms with Gasteiger partial charge in [-0.2, -0.15) is 0 Å². The lowest BCUT2D eigenvalue weighted by atomic mass is 10.2. The van der Waals surface area contributed by atoms with Gasteiger partial charge in [-0.15, -0.1) is 0 Å². The second kappa shape index (κ2) is 7.76. The number of hydrogen-bond acceptors (Lipinski definition) is 2. The zero-order valence-corrected chi connectivity index (χ0v) is 11.0. The van der Waals surface area contributed by atoms with Crippen LogP contribution in [-0.2, 0) is 11.3 Å². The summed E-state index contributed by atoms with van der Waals surface area (Å²) in [5.74, 6) is -0.160. The molecule has 0 aromatic heterocycles. The van der Waals surface area contributed by atoms with Crippen molar-refractivity contribution >= 4 is 15.9 Å². The Hall–Kier alpha value is -0.450. The molecule has 0 aliphatic carbocycles. The van der Waals surface area contributed by atoms with Gasteiger partial charge in [0.15, 0.2) is 0 Å². The maximum atomic E-state index is 13.3. The lowest BCUT2D eigenvalue weighted by molar-refractivity contribution is 0.192. The van der Waals surface area contributed by atoms with E-state index in [0.717, 1.165) is 30.5 Å². The number of rotatable bonds is 7. The van der Waals surface area contributed by atoms with Gasteiger partial charge in [-0.3, -0.25) is 0 Å². The molecular formula is C12H17BrFNO. The van der Waals surface area contributed by atoms with Crippen LogP contribution < -0.4 is 5.32 Å². The van der Waals surface area contributed by atoms with Crippen molar-refractivity contribution in [2.75, 3.05) is 20.3 Å². The maximum absolute atomic E-state index is 13.3. The van der Waals surface area contributed by atoms with E-state index in [2.05, 4.69) is 21.2 Å². The molecule has 0 unspecified atom stereocenters. The molecule has 1 N–H and O–H groups in total. The van der Waals surface area contributed by atoms with Gasteiger partial charge in [0.2, 0.25) is 0 Å². The van der Waals surface area contributed by atoms with Crippen LogP contribution in [0.1, 0.15) is 18.4 Å². The van der Waals surface area contributed by atoms with Gasteiger partial charge in [0, 0.05) is 30.3 Å². The Bertz CT molecular complexity index is 320. The van der Waals surface area contributed by atoms with Crippen molar-refractivity contribution in [2.24, 2.45) is 0 Å². The van der Waals surface area contributed by atoms with Crippen molar-refractivity contribution in [3.63, 3.8) is 0 Å². The van der Waals surface area contributed by atoms with Gasteiger partial charge in [0.25, 0.3) is 0 Å². The third kappa shape index (κ3) is 5.05. The largest absolute Gasteiger partial charge is 0.385 e. The summed E-state index contributed by atoms with van der Waals surface area (Å²) in [6, 6.07) is 4.99. The summed E-state index contributed by atoms with van der Waals surface area (Å²) < 4.78 is 19.2. The van der Waals surface area contributed by atoms with Crippen LogP contribution in [0.3, 0.4) is 0 Å². The van der Waals surface area contributed by atoms with Gasteiger partial charge < -0.3 is 10.1 Å². The van der Waals surface area contributed by atoms with Crippen LogP contribution in [0.15, 0.2) is 22.7 Å². The highest BCUT2D eigenvalue weighted by atomic mass is 79.9. The number of hydrogen-bond donors (Lipinski definition) is 1. The summed E-state index contributed by atoms with van der Waals surface area (Å²) >= 11 is 3.33. The lowest BCUT2D eigenvalue weighted by Gasteiger charge is -2.06. The van der Waals surface area contributed by atoms with Gasteiger partial charge in [0.1, 0.15) is 5.82 Å². The molecule has 0 heterocycles. The Balaban J connectivity index is 2.23. The third-order valence-electron chi connectivity index (χ3n) is 2.28. The first kappa shape index (κ1) is 13.6.